The molecule has 25 heavy (non-hydrogen) atoms. The van der Waals surface area contributed by atoms with Gasteiger partial charge < -0.3 is 10.2 Å². The number of hydrogen-bond acceptors (Lipinski definition) is 4. The Balaban J connectivity index is 0.00000113. The van der Waals surface area contributed by atoms with E-state index >= 15 is 0 Å². The molecular formula is C17H29Cl2N5O. The first-order valence-corrected chi connectivity index (χ1v) is 8.94. The fourth-order valence-corrected chi connectivity index (χ4v) is 4.21. The first-order valence-electron chi connectivity index (χ1n) is 8.94. The van der Waals surface area contributed by atoms with Crippen LogP contribution in [0, 0.1) is 5.92 Å². The van der Waals surface area contributed by atoms with E-state index in [-0.39, 0.29) is 36.6 Å². The maximum atomic E-state index is 13.0. The predicted molar refractivity (Wildman–Crippen MR) is 103 cm³/mol. The van der Waals surface area contributed by atoms with Crippen LogP contribution in [0.2, 0.25) is 0 Å². The quantitative estimate of drug-likeness (QED) is 0.845. The summed E-state index contributed by atoms with van der Waals surface area (Å²) in [6.45, 7) is 5.56. The summed E-state index contributed by atoms with van der Waals surface area (Å²) in [6.07, 6.45) is 8.04. The highest BCUT2D eigenvalue weighted by Crippen LogP contribution is 2.30. The summed E-state index contributed by atoms with van der Waals surface area (Å²) >= 11 is 0. The lowest BCUT2D eigenvalue weighted by molar-refractivity contribution is -0.137. The van der Waals surface area contributed by atoms with Crippen molar-refractivity contribution in [3.05, 3.63) is 18.0 Å². The molecule has 4 rings (SSSR count). The number of aromatic nitrogens is 2. The lowest BCUT2D eigenvalue weighted by Crippen LogP contribution is -2.55. The van der Waals surface area contributed by atoms with Gasteiger partial charge in [0, 0.05) is 64.5 Å². The molecule has 6 nitrogen and oxygen atoms in total. The Morgan fingerprint density at radius 1 is 1.16 bits per heavy atom. The molecule has 0 spiro atoms. The standard InChI is InChI=1S/C17H27N5O.2ClH/c1-20-12-13(9-19-20)15-10-18-11-16(15)17(23)22-7-5-21(6-8-22)14-3-2-4-14;;/h9,12,14-16,18H,2-8,10-11H2,1H3;2*1H/t15-,16+;;/m1../s1. The van der Waals surface area contributed by atoms with Crippen LogP contribution < -0.4 is 5.32 Å². The predicted octanol–water partition coefficient (Wildman–Crippen LogP) is 1.26. The van der Waals surface area contributed by atoms with Crippen LogP contribution in [0.3, 0.4) is 0 Å². The zero-order valence-electron chi connectivity index (χ0n) is 14.8. The maximum Gasteiger partial charge on any atom is 0.227 e. The molecule has 3 fully saturated rings. The molecule has 1 saturated carbocycles. The third-order valence-electron chi connectivity index (χ3n) is 5.90. The molecule has 1 aliphatic carbocycles. The third-order valence-corrected chi connectivity index (χ3v) is 5.90. The van der Waals surface area contributed by atoms with Gasteiger partial charge in [-0.1, -0.05) is 6.42 Å². The summed E-state index contributed by atoms with van der Waals surface area (Å²) in [5, 5.41) is 7.67. The molecule has 1 aromatic rings. The second kappa shape index (κ2) is 8.71. The number of piperazine rings is 1. The number of nitrogens with one attached hydrogen (secondary N) is 1. The largest absolute Gasteiger partial charge is 0.340 e. The molecule has 142 valence electrons. The first-order chi connectivity index (χ1) is 11.2. The summed E-state index contributed by atoms with van der Waals surface area (Å²) in [6, 6.07) is 0.795. The van der Waals surface area contributed by atoms with Gasteiger partial charge in [-0.25, -0.2) is 0 Å². The molecule has 3 heterocycles. The van der Waals surface area contributed by atoms with E-state index in [1.165, 1.54) is 24.8 Å². The molecule has 1 aromatic heterocycles. The molecule has 0 unspecified atom stereocenters. The Morgan fingerprint density at radius 3 is 2.44 bits per heavy atom. The van der Waals surface area contributed by atoms with E-state index < -0.39 is 0 Å². The minimum Gasteiger partial charge on any atom is -0.340 e. The van der Waals surface area contributed by atoms with Crippen molar-refractivity contribution >= 4 is 30.7 Å². The summed E-state index contributed by atoms with van der Waals surface area (Å²) in [5.74, 6) is 0.660. The molecule has 1 amide bonds. The van der Waals surface area contributed by atoms with Crippen molar-refractivity contribution in [3.63, 3.8) is 0 Å². The number of hydrogen-bond donors (Lipinski definition) is 1. The van der Waals surface area contributed by atoms with E-state index in [1.807, 2.05) is 24.1 Å². The van der Waals surface area contributed by atoms with Crippen LogP contribution >= 0.6 is 24.8 Å². The second-order valence-electron chi connectivity index (χ2n) is 7.26. The van der Waals surface area contributed by atoms with E-state index in [0.717, 1.165) is 45.3 Å². The van der Waals surface area contributed by atoms with Gasteiger partial charge in [-0.2, -0.15) is 5.10 Å². The summed E-state index contributed by atoms with van der Waals surface area (Å²) < 4.78 is 1.83. The molecule has 1 N–H and O–H groups in total. The number of amides is 1. The summed E-state index contributed by atoms with van der Waals surface area (Å²) in [7, 11) is 1.93. The van der Waals surface area contributed by atoms with Gasteiger partial charge in [0.1, 0.15) is 0 Å². The number of aryl methyl sites for hydroxylation is 1. The molecule has 3 aliphatic rings. The number of halogens is 2. The smallest absolute Gasteiger partial charge is 0.227 e. The van der Waals surface area contributed by atoms with Crippen LogP contribution in [0.15, 0.2) is 12.4 Å². The highest BCUT2D eigenvalue weighted by molar-refractivity contribution is 5.85. The first kappa shape index (κ1) is 20.5. The SMILES string of the molecule is Cl.Cl.Cn1cc([C@H]2CNC[C@@H]2C(=O)N2CCN(C3CCC3)CC2)cn1. The van der Waals surface area contributed by atoms with Crippen LogP contribution in [0.4, 0.5) is 0 Å². The molecule has 2 saturated heterocycles. The van der Waals surface area contributed by atoms with Gasteiger partial charge in [-0.3, -0.25) is 14.4 Å². The lowest BCUT2D eigenvalue weighted by atomic mass is 9.89. The van der Waals surface area contributed by atoms with Gasteiger partial charge >= 0.3 is 0 Å². The molecule has 8 heteroatoms. The fraction of sp³-hybridized carbons (Fsp3) is 0.765. The molecule has 0 radical (unpaired) electrons. The average molecular weight is 390 g/mol. The number of carbonyl (C=O) groups excluding carboxylic acids is 1. The van der Waals surface area contributed by atoms with Crippen molar-refractivity contribution in [1.82, 2.24) is 24.9 Å². The Hall–Kier alpha value is -0.820. The summed E-state index contributed by atoms with van der Waals surface area (Å²) in [5.41, 5.74) is 1.18. The minimum absolute atomic E-state index is 0. The monoisotopic (exact) mass is 389 g/mol. The van der Waals surface area contributed by atoms with Gasteiger partial charge in [0.05, 0.1) is 12.1 Å². The van der Waals surface area contributed by atoms with Gasteiger partial charge in [0.25, 0.3) is 0 Å². The molecule has 2 aliphatic heterocycles. The van der Waals surface area contributed by atoms with Gasteiger partial charge in [0.2, 0.25) is 5.91 Å². The van der Waals surface area contributed by atoms with Crippen LogP contribution in [-0.4, -0.2) is 70.8 Å². The van der Waals surface area contributed by atoms with Crippen LogP contribution in [0.1, 0.15) is 30.7 Å². The Morgan fingerprint density at radius 2 is 1.88 bits per heavy atom. The van der Waals surface area contributed by atoms with Crippen LogP contribution in [0.25, 0.3) is 0 Å². The van der Waals surface area contributed by atoms with Crippen molar-refractivity contribution in [2.24, 2.45) is 13.0 Å². The number of carbonyl (C=O) groups is 1. The zero-order chi connectivity index (χ0) is 15.8. The van der Waals surface area contributed by atoms with E-state index in [0.29, 0.717) is 5.91 Å². The molecule has 0 bridgehead atoms. The molecular weight excluding hydrogens is 361 g/mol. The van der Waals surface area contributed by atoms with Crippen molar-refractivity contribution in [2.75, 3.05) is 39.3 Å². The lowest BCUT2D eigenvalue weighted by Gasteiger charge is -2.43. The van der Waals surface area contributed by atoms with Gasteiger partial charge in [0.15, 0.2) is 0 Å². The minimum atomic E-state index is 0. The Labute approximate surface area is 162 Å². The summed E-state index contributed by atoms with van der Waals surface area (Å²) in [4.78, 5) is 17.7. The zero-order valence-corrected chi connectivity index (χ0v) is 16.4. The third kappa shape index (κ3) is 4.13. The average Bonchev–Trinajstić information content (AvgIpc) is 3.14. The molecule has 0 aromatic carbocycles. The van der Waals surface area contributed by atoms with E-state index in [9.17, 15) is 4.79 Å². The van der Waals surface area contributed by atoms with Crippen molar-refractivity contribution < 1.29 is 4.79 Å². The van der Waals surface area contributed by atoms with Gasteiger partial charge in [-0.05, 0) is 18.4 Å². The molecule has 2 atom stereocenters. The van der Waals surface area contributed by atoms with Crippen molar-refractivity contribution in [3.8, 4) is 0 Å². The van der Waals surface area contributed by atoms with Crippen LogP contribution in [0.5, 0.6) is 0 Å². The van der Waals surface area contributed by atoms with Gasteiger partial charge in [-0.15, -0.1) is 24.8 Å². The van der Waals surface area contributed by atoms with Crippen molar-refractivity contribution in [2.45, 2.75) is 31.2 Å². The fourth-order valence-electron chi connectivity index (χ4n) is 4.21. The van der Waals surface area contributed by atoms with Crippen molar-refractivity contribution in [1.29, 1.82) is 0 Å². The maximum absolute atomic E-state index is 13.0. The number of nitrogens with zero attached hydrogens (tertiary/aromatic N) is 4. The Kier molecular flexibility index (Phi) is 7.14. The second-order valence-corrected chi connectivity index (χ2v) is 7.26. The highest BCUT2D eigenvalue weighted by atomic mass is 35.5. The van der Waals surface area contributed by atoms with E-state index in [1.54, 1.807) is 0 Å². The van der Waals surface area contributed by atoms with E-state index in [4.69, 9.17) is 0 Å². The van der Waals surface area contributed by atoms with E-state index in [2.05, 4.69) is 20.2 Å². The topological polar surface area (TPSA) is 53.4 Å². The normalized spacial score (nSPS) is 27.3. The van der Waals surface area contributed by atoms with Crippen LogP contribution in [-0.2, 0) is 11.8 Å². The number of rotatable bonds is 3. The Bertz CT molecular complexity index is 569. The highest BCUT2D eigenvalue weighted by Gasteiger charge is 2.38.